The van der Waals surface area contributed by atoms with Crippen LogP contribution in [-0.2, 0) is 16.0 Å². The molecule has 1 unspecified atom stereocenters. The van der Waals surface area contributed by atoms with Gasteiger partial charge in [0.2, 0.25) is 5.54 Å². The Morgan fingerprint density at radius 3 is 2.55 bits per heavy atom. The van der Waals surface area contributed by atoms with Crippen molar-refractivity contribution in [3.8, 4) is 0 Å². The highest BCUT2D eigenvalue weighted by atomic mass is 19.4. The maximum atomic E-state index is 13.2. The van der Waals surface area contributed by atoms with Crippen molar-refractivity contribution in [2.45, 2.75) is 25.1 Å². The van der Waals surface area contributed by atoms with Gasteiger partial charge in [-0.05, 0) is 19.1 Å². The van der Waals surface area contributed by atoms with E-state index in [0.29, 0.717) is 5.52 Å². The molecule has 2 rings (SSSR count). The lowest BCUT2D eigenvalue weighted by atomic mass is 9.93. The van der Waals surface area contributed by atoms with Crippen molar-refractivity contribution in [1.29, 1.82) is 0 Å². The highest BCUT2D eigenvalue weighted by Crippen LogP contribution is 2.32. The zero-order valence-electron chi connectivity index (χ0n) is 11.9. The lowest BCUT2D eigenvalue weighted by Crippen LogP contribution is -2.61. The van der Waals surface area contributed by atoms with Crippen LogP contribution in [0, 0.1) is 0 Å². The number of esters is 1. The van der Waals surface area contributed by atoms with Crippen molar-refractivity contribution >= 4 is 16.9 Å². The number of nitrogens with zero attached hydrogens (tertiary/aromatic N) is 1. The van der Waals surface area contributed by atoms with Crippen molar-refractivity contribution < 1.29 is 22.7 Å². The third kappa shape index (κ3) is 3.04. The van der Waals surface area contributed by atoms with Crippen molar-refractivity contribution in [3.63, 3.8) is 0 Å². The first-order valence-electron chi connectivity index (χ1n) is 6.65. The van der Waals surface area contributed by atoms with Gasteiger partial charge in [0.1, 0.15) is 0 Å². The predicted octanol–water partition coefficient (Wildman–Crippen LogP) is 2.60. The predicted molar refractivity (Wildman–Crippen MR) is 75.1 cm³/mol. The molecule has 2 N–H and O–H groups in total. The summed E-state index contributed by atoms with van der Waals surface area (Å²) in [5.41, 5.74) is 2.84. The fourth-order valence-corrected chi connectivity index (χ4v) is 2.04. The molecule has 7 heteroatoms. The molecule has 1 atom stereocenters. The number of fused-ring (bicyclic) bond motifs is 1. The molecular weight excluding hydrogens is 297 g/mol. The number of alkyl halides is 3. The largest absolute Gasteiger partial charge is 0.464 e. The zero-order chi connectivity index (χ0) is 16.4. The van der Waals surface area contributed by atoms with Crippen LogP contribution in [0.15, 0.2) is 36.4 Å². The number of hydrogen-bond acceptors (Lipinski definition) is 4. The maximum Gasteiger partial charge on any atom is 0.417 e. The van der Waals surface area contributed by atoms with E-state index in [1.165, 1.54) is 13.0 Å². The normalized spacial score (nSPS) is 14.6. The topological polar surface area (TPSA) is 65.2 Å². The van der Waals surface area contributed by atoms with Gasteiger partial charge in [0.15, 0.2) is 0 Å². The minimum Gasteiger partial charge on any atom is -0.464 e. The molecule has 1 aromatic carbocycles. The number of benzene rings is 1. The van der Waals surface area contributed by atoms with Crippen LogP contribution in [0.5, 0.6) is 0 Å². The van der Waals surface area contributed by atoms with Crippen LogP contribution in [-0.4, -0.2) is 29.3 Å². The van der Waals surface area contributed by atoms with Crippen LogP contribution in [0.4, 0.5) is 13.2 Å². The van der Waals surface area contributed by atoms with Gasteiger partial charge in [-0.15, -0.1) is 0 Å². The molecule has 4 nitrogen and oxygen atoms in total. The summed E-state index contributed by atoms with van der Waals surface area (Å²) in [6.45, 7) is 1.24. The van der Waals surface area contributed by atoms with Gasteiger partial charge in [-0.3, -0.25) is 4.98 Å². The molecular formula is C15H15F3N2O2. The molecule has 0 aliphatic heterocycles. The second-order valence-electron chi connectivity index (χ2n) is 4.86. The number of rotatable bonds is 4. The molecule has 0 saturated carbocycles. The van der Waals surface area contributed by atoms with Gasteiger partial charge in [0.25, 0.3) is 0 Å². The Bertz CT molecular complexity index is 688. The van der Waals surface area contributed by atoms with E-state index < -0.39 is 24.1 Å². The molecule has 22 heavy (non-hydrogen) atoms. The average Bonchev–Trinajstić information content (AvgIpc) is 2.46. The Labute approximate surface area is 125 Å². The van der Waals surface area contributed by atoms with Gasteiger partial charge in [-0.1, -0.05) is 24.3 Å². The van der Waals surface area contributed by atoms with Crippen LogP contribution >= 0.6 is 0 Å². The van der Waals surface area contributed by atoms with Crippen LogP contribution < -0.4 is 5.73 Å². The number of ether oxygens (including phenoxy) is 1. The molecule has 0 bridgehead atoms. The van der Waals surface area contributed by atoms with E-state index in [9.17, 15) is 18.0 Å². The van der Waals surface area contributed by atoms with E-state index >= 15 is 0 Å². The first kappa shape index (κ1) is 16.2. The molecule has 0 amide bonds. The smallest absolute Gasteiger partial charge is 0.417 e. The molecule has 0 spiro atoms. The zero-order valence-corrected chi connectivity index (χ0v) is 11.9. The summed E-state index contributed by atoms with van der Waals surface area (Å²) >= 11 is 0. The summed E-state index contributed by atoms with van der Waals surface area (Å²) in [4.78, 5) is 15.8. The SMILES string of the molecule is CCOC(=O)C(N)(Cc1ccc2ccccc2n1)C(F)(F)F. The summed E-state index contributed by atoms with van der Waals surface area (Å²) in [6, 6.07) is 10.1. The van der Waals surface area contributed by atoms with Gasteiger partial charge in [0, 0.05) is 17.5 Å². The average molecular weight is 312 g/mol. The van der Waals surface area contributed by atoms with Crippen LogP contribution in [0.2, 0.25) is 0 Å². The van der Waals surface area contributed by atoms with Crippen molar-refractivity contribution in [3.05, 3.63) is 42.1 Å². The van der Waals surface area contributed by atoms with Gasteiger partial charge in [0.05, 0.1) is 12.1 Å². The Morgan fingerprint density at radius 1 is 1.23 bits per heavy atom. The second kappa shape index (κ2) is 5.92. The molecule has 1 heterocycles. The molecule has 118 valence electrons. The summed E-state index contributed by atoms with van der Waals surface area (Å²) in [5.74, 6) is -1.50. The van der Waals surface area contributed by atoms with E-state index in [0.717, 1.165) is 5.39 Å². The minimum absolute atomic E-state index is 0.0755. The van der Waals surface area contributed by atoms with Crippen LogP contribution in [0.25, 0.3) is 10.9 Å². The molecule has 0 radical (unpaired) electrons. The molecule has 0 fully saturated rings. The Kier molecular flexibility index (Phi) is 4.37. The van der Waals surface area contributed by atoms with E-state index in [-0.39, 0.29) is 12.3 Å². The number of halogens is 3. The summed E-state index contributed by atoms with van der Waals surface area (Å²) in [5, 5.41) is 0.789. The van der Waals surface area contributed by atoms with Crippen LogP contribution in [0.1, 0.15) is 12.6 Å². The quantitative estimate of drug-likeness (QED) is 0.881. The molecule has 2 aromatic rings. The molecule has 0 saturated heterocycles. The van der Waals surface area contributed by atoms with Crippen molar-refractivity contribution in [1.82, 2.24) is 4.98 Å². The lowest BCUT2D eigenvalue weighted by Gasteiger charge is -2.29. The third-order valence-electron chi connectivity index (χ3n) is 3.26. The first-order chi connectivity index (χ1) is 10.3. The highest BCUT2D eigenvalue weighted by Gasteiger charge is 2.59. The van der Waals surface area contributed by atoms with Gasteiger partial charge >= 0.3 is 12.1 Å². The van der Waals surface area contributed by atoms with E-state index in [1.807, 2.05) is 0 Å². The van der Waals surface area contributed by atoms with Crippen molar-refractivity contribution in [2.24, 2.45) is 5.73 Å². The monoisotopic (exact) mass is 312 g/mol. The number of para-hydroxylation sites is 1. The lowest BCUT2D eigenvalue weighted by molar-refractivity contribution is -0.205. The van der Waals surface area contributed by atoms with Gasteiger partial charge in [-0.2, -0.15) is 13.2 Å². The fourth-order valence-electron chi connectivity index (χ4n) is 2.04. The molecule has 0 aliphatic carbocycles. The third-order valence-corrected chi connectivity index (χ3v) is 3.26. The van der Waals surface area contributed by atoms with Gasteiger partial charge in [-0.25, -0.2) is 4.79 Å². The number of aromatic nitrogens is 1. The number of carbonyl (C=O) groups excluding carboxylic acids is 1. The van der Waals surface area contributed by atoms with E-state index in [2.05, 4.69) is 9.72 Å². The summed E-state index contributed by atoms with van der Waals surface area (Å²) < 4.78 is 44.2. The summed E-state index contributed by atoms with van der Waals surface area (Å²) in [7, 11) is 0. The second-order valence-corrected chi connectivity index (χ2v) is 4.86. The first-order valence-corrected chi connectivity index (χ1v) is 6.65. The number of hydrogen-bond donors (Lipinski definition) is 1. The van der Waals surface area contributed by atoms with Crippen LogP contribution in [0.3, 0.4) is 0 Å². The standard InChI is InChI=1S/C15H15F3N2O2/c1-2-22-13(21)14(19,15(16,17)18)9-11-8-7-10-5-3-4-6-12(10)20-11/h3-8H,2,9,19H2,1H3. The minimum atomic E-state index is -4.94. The Hall–Kier alpha value is -2.15. The van der Waals surface area contributed by atoms with Crippen molar-refractivity contribution in [2.75, 3.05) is 6.61 Å². The number of carbonyl (C=O) groups is 1. The van der Waals surface area contributed by atoms with Gasteiger partial charge < -0.3 is 10.5 Å². The molecule has 1 aromatic heterocycles. The Balaban J connectivity index is 2.38. The molecule has 0 aliphatic rings. The summed E-state index contributed by atoms with van der Waals surface area (Å²) in [6.07, 6.45) is -5.72. The van der Waals surface area contributed by atoms with E-state index in [1.54, 1.807) is 30.3 Å². The number of pyridine rings is 1. The van der Waals surface area contributed by atoms with E-state index in [4.69, 9.17) is 5.73 Å². The fraction of sp³-hybridized carbons (Fsp3) is 0.333. The Morgan fingerprint density at radius 2 is 1.91 bits per heavy atom. The highest BCUT2D eigenvalue weighted by molar-refractivity contribution is 5.83. The maximum absolute atomic E-state index is 13.2. The number of nitrogens with two attached hydrogens (primary N) is 1.